The lowest BCUT2D eigenvalue weighted by Crippen LogP contribution is -2.19. The summed E-state index contributed by atoms with van der Waals surface area (Å²) in [6, 6.07) is 12.0. The number of nitrogens with two attached hydrogens (primary N) is 1. The number of fused-ring (bicyclic) bond motifs is 1. The van der Waals surface area contributed by atoms with Gasteiger partial charge in [-0.25, -0.2) is 24.3 Å². The number of benzene rings is 2. The van der Waals surface area contributed by atoms with Gasteiger partial charge in [-0.2, -0.15) is 0 Å². The van der Waals surface area contributed by atoms with Crippen molar-refractivity contribution in [1.82, 2.24) is 19.9 Å². The van der Waals surface area contributed by atoms with Gasteiger partial charge in [0.25, 0.3) is 0 Å². The maximum absolute atomic E-state index is 13.1. The van der Waals surface area contributed by atoms with Gasteiger partial charge in [-0.1, -0.05) is 18.2 Å². The fraction of sp³-hybridized carbons (Fsp3) is 0.0952. The molecule has 0 saturated heterocycles. The van der Waals surface area contributed by atoms with E-state index in [9.17, 15) is 4.39 Å². The van der Waals surface area contributed by atoms with Gasteiger partial charge in [0.1, 0.15) is 18.0 Å². The highest BCUT2D eigenvalue weighted by molar-refractivity contribution is 5.94. The Balaban J connectivity index is 1.64. The minimum absolute atomic E-state index is 0.259. The summed E-state index contributed by atoms with van der Waals surface area (Å²) in [4.78, 5) is 19.2. The molecule has 0 saturated carbocycles. The fourth-order valence-corrected chi connectivity index (χ4v) is 3.07. The first kappa shape index (κ1) is 18.4. The first-order valence-electron chi connectivity index (χ1n) is 8.89. The number of hydrogen-bond acceptors (Lipinski definition) is 7. The van der Waals surface area contributed by atoms with Crippen LogP contribution in [0, 0.1) is 11.2 Å². The summed E-state index contributed by atoms with van der Waals surface area (Å²) in [5.41, 5.74) is 9.47. The molecule has 0 bridgehead atoms. The number of nitrogens with zero attached hydrogens (tertiary/aromatic N) is 5. The van der Waals surface area contributed by atoms with Crippen LogP contribution in [0.3, 0.4) is 0 Å². The topological polar surface area (TPSA) is 105 Å². The zero-order valence-electron chi connectivity index (χ0n) is 15.7. The standard InChI is InChI=1S/C21H18FN7/c1-29(11-13-2-5-16(22)6-3-13)21-25-10-15-8-14(4-7-18(15)28-21)19-17(9-23)20(24)27-12-26-19/h2-10,12,23H,11H2,1H3,(H2,24,26,27). The van der Waals surface area contributed by atoms with E-state index in [2.05, 4.69) is 19.9 Å². The zero-order chi connectivity index (χ0) is 20.4. The highest BCUT2D eigenvalue weighted by atomic mass is 19.1. The highest BCUT2D eigenvalue weighted by Gasteiger charge is 2.12. The molecule has 2 heterocycles. The van der Waals surface area contributed by atoms with Crippen molar-refractivity contribution in [2.75, 3.05) is 17.7 Å². The molecule has 0 radical (unpaired) electrons. The van der Waals surface area contributed by atoms with Crippen molar-refractivity contribution in [2.45, 2.75) is 6.54 Å². The largest absolute Gasteiger partial charge is 0.383 e. The molecular formula is C21H18FN7. The van der Waals surface area contributed by atoms with Crippen LogP contribution in [0.4, 0.5) is 16.2 Å². The molecular weight excluding hydrogens is 369 g/mol. The van der Waals surface area contributed by atoms with Gasteiger partial charge in [0, 0.05) is 37.0 Å². The van der Waals surface area contributed by atoms with Gasteiger partial charge in [-0.15, -0.1) is 0 Å². The number of aromatic nitrogens is 4. The molecule has 4 rings (SSSR count). The van der Waals surface area contributed by atoms with Crippen LogP contribution in [0.5, 0.6) is 0 Å². The molecule has 4 aromatic rings. The van der Waals surface area contributed by atoms with E-state index in [0.717, 1.165) is 28.2 Å². The monoisotopic (exact) mass is 387 g/mol. The lowest BCUT2D eigenvalue weighted by atomic mass is 10.0. The lowest BCUT2D eigenvalue weighted by molar-refractivity contribution is 0.627. The van der Waals surface area contributed by atoms with Crippen LogP contribution in [0.15, 0.2) is 55.0 Å². The van der Waals surface area contributed by atoms with Gasteiger partial charge in [0.15, 0.2) is 0 Å². The second kappa shape index (κ2) is 7.59. The summed E-state index contributed by atoms with van der Waals surface area (Å²) in [7, 11) is 1.89. The Hall–Kier alpha value is -3.94. The molecule has 0 atom stereocenters. The van der Waals surface area contributed by atoms with E-state index in [4.69, 9.17) is 11.1 Å². The van der Waals surface area contributed by atoms with Crippen molar-refractivity contribution >= 4 is 28.9 Å². The molecule has 2 aromatic carbocycles. The maximum atomic E-state index is 13.1. The first-order chi connectivity index (χ1) is 14.0. The van der Waals surface area contributed by atoms with Crippen molar-refractivity contribution < 1.29 is 4.39 Å². The summed E-state index contributed by atoms with van der Waals surface area (Å²) >= 11 is 0. The average Bonchev–Trinajstić information content (AvgIpc) is 2.74. The smallest absolute Gasteiger partial charge is 0.225 e. The fourth-order valence-electron chi connectivity index (χ4n) is 3.07. The number of anilines is 2. The average molecular weight is 387 g/mol. The number of halogens is 1. The predicted molar refractivity (Wildman–Crippen MR) is 111 cm³/mol. The van der Waals surface area contributed by atoms with Crippen molar-refractivity contribution in [1.29, 1.82) is 5.41 Å². The summed E-state index contributed by atoms with van der Waals surface area (Å²) in [6.45, 7) is 0.562. The van der Waals surface area contributed by atoms with E-state index in [1.165, 1.54) is 18.5 Å². The molecule has 0 spiro atoms. The van der Waals surface area contributed by atoms with Gasteiger partial charge in [-0.05, 0) is 29.8 Å². The predicted octanol–water partition coefficient (Wildman–Crippen LogP) is 3.44. The Bertz CT molecular complexity index is 1190. The van der Waals surface area contributed by atoms with Crippen molar-refractivity contribution in [2.24, 2.45) is 0 Å². The molecule has 0 aliphatic rings. The van der Waals surface area contributed by atoms with Crippen LogP contribution in [0.25, 0.3) is 22.2 Å². The van der Waals surface area contributed by atoms with Crippen LogP contribution >= 0.6 is 0 Å². The quantitative estimate of drug-likeness (QED) is 0.508. The highest BCUT2D eigenvalue weighted by Crippen LogP contribution is 2.26. The maximum Gasteiger partial charge on any atom is 0.225 e. The van der Waals surface area contributed by atoms with Crippen LogP contribution in [0.2, 0.25) is 0 Å². The van der Waals surface area contributed by atoms with Gasteiger partial charge in [0.2, 0.25) is 5.95 Å². The molecule has 0 unspecified atom stereocenters. The number of nitrogen functional groups attached to an aromatic ring is 1. The van der Waals surface area contributed by atoms with Crippen molar-refractivity contribution in [3.8, 4) is 11.3 Å². The van der Waals surface area contributed by atoms with Crippen LogP contribution in [-0.2, 0) is 6.54 Å². The normalized spacial score (nSPS) is 10.8. The Morgan fingerprint density at radius 2 is 1.90 bits per heavy atom. The molecule has 0 aliphatic heterocycles. The Kier molecular flexibility index (Phi) is 4.82. The van der Waals surface area contributed by atoms with E-state index in [-0.39, 0.29) is 11.6 Å². The van der Waals surface area contributed by atoms with Gasteiger partial charge in [-0.3, -0.25) is 0 Å². The minimum Gasteiger partial charge on any atom is -0.383 e. The summed E-state index contributed by atoms with van der Waals surface area (Å²) in [5, 5.41) is 8.42. The van der Waals surface area contributed by atoms with E-state index in [0.29, 0.717) is 23.8 Å². The SMILES string of the molecule is CN(Cc1ccc(F)cc1)c1ncc2cc(-c3ncnc(N)c3C=N)ccc2n1. The number of hydrogen-bond donors (Lipinski definition) is 2. The van der Waals surface area contributed by atoms with Crippen LogP contribution in [0.1, 0.15) is 11.1 Å². The molecule has 0 amide bonds. The van der Waals surface area contributed by atoms with Crippen LogP contribution in [-0.4, -0.2) is 33.2 Å². The molecule has 2 aromatic heterocycles. The van der Waals surface area contributed by atoms with Crippen LogP contribution < -0.4 is 10.6 Å². The minimum atomic E-state index is -0.259. The summed E-state index contributed by atoms with van der Waals surface area (Å²) in [6.07, 6.45) is 4.28. The second-order valence-electron chi connectivity index (χ2n) is 6.59. The third-order valence-electron chi connectivity index (χ3n) is 4.57. The van der Waals surface area contributed by atoms with Gasteiger partial charge < -0.3 is 16.0 Å². The van der Waals surface area contributed by atoms with E-state index in [1.807, 2.05) is 30.1 Å². The molecule has 8 heteroatoms. The first-order valence-corrected chi connectivity index (χ1v) is 8.89. The van der Waals surface area contributed by atoms with Gasteiger partial charge in [0.05, 0.1) is 16.8 Å². The van der Waals surface area contributed by atoms with E-state index < -0.39 is 0 Å². The third kappa shape index (κ3) is 3.73. The Morgan fingerprint density at radius 3 is 2.66 bits per heavy atom. The third-order valence-corrected chi connectivity index (χ3v) is 4.57. The number of nitrogens with one attached hydrogen (secondary N) is 1. The van der Waals surface area contributed by atoms with E-state index in [1.54, 1.807) is 18.3 Å². The summed E-state index contributed by atoms with van der Waals surface area (Å²) < 4.78 is 13.1. The molecule has 3 N–H and O–H groups in total. The van der Waals surface area contributed by atoms with Gasteiger partial charge >= 0.3 is 0 Å². The Labute approximate surface area is 166 Å². The second-order valence-corrected chi connectivity index (χ2v) is 6.59. The van der Waals surface area contributed by atoms with E-state index >= 15 is 0 Å². The molecule has 7 nitrogen and oxygen atoms in total. The van der Waals surface area contributed by atoms with Crippen molar-refractivity contribution in [3.05, 3.63) is 71.9 Å². The molecule has 29 heavy (non-hydrogen) atoms. The molecule has 0 aliphatic carbocycles. The van der Waals surface area contributed by atoms with Crippen molar-refractivity contribution in [3.63, 3.8) is 0 Å². The zero-order valence-corrected chi connectivity index (χ0v) is 15.7. The number of rotatable bonds is 5. The Morgan fingerprint density at radius 1 is 1.10 bits per heavy atom. The molecule has 0 fully saturated rings. The summed E-state index contributed by atoms with van der Waals surface area (Å²) in [5.74, 6) is 0.575. The lowest BCUT2D eigenvalue weighted by Gasteiger charge is -2.17. The molecule has 144 valence electrons.